The van der Waals surface area contributed by atoms with Crippen LogP contribution >= 0.6 is 11.3 Å². The second-order valence-electron chi connectivity index (χ2n) is 14.3. The van der Waals surface area contributed by atoms with Crippen molar-refractivity contribution in [1.29, 1.82) is 0 Å². The lowest BCUT2D eigenvalue weighted by atomic mass is 9.85. The van der Waals surface area contributed by atoms with E-state index in [1.54, 1.807) is 0 Å². The Hall–Kier alpha value is -6.94. The van der Waals surface area contributed by atoms with Gasteiger partial charge in [0.1, 0.15) is 22.5 Å². The van der Waals surface area contributed by atoms with Gasteiger partial charge in [-0.2, -0.15) is 0 Å². The van der Waals surface area contributed by atoms with E-state index in [9.17, 15) is 0 Å². The van der Waals surface area contributed by atoms with Crippen LogP contribution in [0.2, 0.25) is 0 Å². The van der Waals surface area contributed by atoms with Crippen LogP contribution in [0.1, 0.15) is 0 Å². The van der Waals surface area contributed by atoms with E-state index >= 15 is 0 Å². The summed E-state index contributed by atoms with van der Waals surface area (Å²) in [7, 11) is 0. The van der Waals surface area contributed by atoms with Gasteiger partial charge in [0.2, 0.25) is 0 Å². The van der Waals surface area contributed by atoms with Crippen LogP contribution in [0.4, 0.5) is 0 Å². The number of furan rings is 2. The maximum atomic E-state index is 6.89. The number of thiophene rings is 1. The molecule has 3 heterocycles. The SMILES string of the molecule is c1ccc(-c2oc3c(ccc4oc5cc(-c6c7ccccc7c(-c7ccc8sc9ccccc9c8c7)c7ccccc67)ccc5c43)c2-c2ccccc2)cc1. The molecular formula is C52H30O2S. The second-order valence-corrected chi connectivity index (χ2v) is 15.4. The number of benzene rings is 9. The molecule has 3 aromatic heterocycles. The van der Waals surface area contributed by atoms with E-state index in [-0.39, 0.29) is 0 Å². The monoisotopic (exact) mass is 718 g/mol. The van der Waals surface area contributed by atoms with Crippen molar-refractivity contribution >= 4 is 86.0 Å². The molecule has 0 amide bonds. The Labute approximate surface area is 320 Å². The Morgan fingerprint density at radius 2 is 0.855 bits per heavy atom. The molecule has 0 aliphatic carbocycles. The molecule has 0 unspecified atom stereocenters. The standard InChI is InChI=1S/C52H30O2S/c1-3-13-31(14-4-1)49-41-26-27-43-50(52(41)54-51(49)32-15-5-2-6-16-32)40-25-23-34(30-44(40)53-43)48-38-20-9-7-18-36(38)47(37-19-8-10-21-39(37)48)33-24-28-46-42(29-33)35-17-11-12-22-45(35)55-46/h1-30H. The van der Waals surface area contributed by atoms with Gasteiger partial charge in [0.05, 0.1) is 5.39 Å². The zero-order valence-electron chi connectivity index (χ0n) is 29.5. The van der Waals surface area contributed by atoms with Gasteiger partial charge in [0.15, 0.2) is 0 Å². The molecule has 2 nitrogen and oxygen atoms in total. The normalized spacial score (nSPS) is 12.0. The highest BCUT2D eigenvalue weighted by Gasteiger charge is 2.23. The highest BCUT2D eigenvalue weighted by atomic mass is 32.1. The van der Waals surface area contributed by atoms with Crippen LogP contribution in [-0.2, 0) is 0 Å². The fourth-order valence-corrected chi connectivity index (χ4v) is 9.97. The van der Waals surface area contributed by atoms with Gasteiger partial charge in [-0.25, -0.2) is 0 Å². The van der Waals surface area contributed by atoms with Gasteiger partial charge in [-0.3, -0.25) is 0 Å². The zero-order valence-corrected chi connectivity index (χ0v) is 30.4. The average molecular weight is 719 g/mol. The summed E-state index contributed by atoms with van der Waals surface area (Å²) in [5.74, 6) is 0.865. The quantitative estimate of drug-likeness (QED) is 0.169. The lowest BCUT2D eigenvalue weighted by Crippen LogP contribution is -1.90. The summed E-state index contributed by atoms with van der Waals surface area (Å²) in [6.45, 7) is 0. The van der Waals surface area contributed by atoms with Crippen molar-refractivity contribution in [2.45, 2.75) is 0 Å². The Kier molecular flexibility index (Phi) is 6.54. The number of fused-ring (bicyclic) bond motifs is 10. The summed E-state index contributed by atoms with van der Waals surface area (Å²) < 4.78 is 16.2. The highest BCUT2D eigenvalue weighted by molar-refractivity contribution is 7.25. The van der Waals surface area contributed by atoms with Gasteiger partial charge in [-0.05, 0) is 91.8 Å². The maximum absolute atomic E-state index is 6.89. The zero-order chi connectivity index (χ0) is 36.0. The van der Waals surface area contributed by atoms with E-state index in [0.717, 1.165) is 60.9 Å². The molecule has 0 bridgehead atoms. The number of rotatable bonds is 4. The molecule has 0 saturated heterocycles. The summed E-state index contributed by atoms with van der Waals surface area (Å²) in [6, 6.07) is 65.3. The molecule has 0 spiro atoms. The van der Waals surface area contributed by atoms with E-state index in [1.807, 2.05) is 17.4 Å². The summed E-state index contributed by atoms with van der Waals surface area (Å²) in [5.41, 5.74) is 10.6. The lowest BCUT2D eigenvalue weighted by molar-refractivity contribution is 0.634. The Balaban J connectivity index is 1.09. The predicted molar refractivity (Wildman–Crippen MR) is 233 cm³/mol. The van der Waals surface area contributed by atoms with E-state index in [0.29, 0.717) is 0 Å². The van der Waals surface area contributed by atoms with Crippen molar-refractivity contribution in [3.8, 4) is 44.7 Å². The van der Waals surface area contributed by atoms with Crippen LogP contribution in [0.15, 0.2) is 191 Å². The largest absolute Gasteiger partial charge is 0.456 e. The molecular weight excluding hydrogens is 689 g/mol. The first-order valence-electron chi connectivity index (χ1n) is 18.7. The van der Waals surface area contributed by atoms with Crippen molar-refractivity contribution in [3.63, 3.8) is 0 Å². The van der Waals surface area contributed by atoms with Crippen LogP contribution < -0.4 is 0 Å². The molecule has 0 N–H and O–H groups in total. The molecule has 0 aliphatic rings. The Morgan fingerprint density at radius 1 is 0.309 bits per heavy atom. The third kappa shape index (κ3) is 4.54. The fourth-order valence-electron chi connectivity index (χ4n) is 8.89. The summed E-state index contributed by atoms with van der Waals surface area (Å²) in [6.07, 6.45) is 0. The molecule has 3 heteroatoms. The minimum Gasteiger partial charge on any atom is -0.456 e. The smallest absolute Gasteiger partial charge is 0.147 e. The number of hydrogen-bond acceptors (Lipinski definition) is 3. The van der Waals surface area contributed by atoms with Crippen molar-refractivity contribution in [2.24, 2.45) is 0 Å². The topological polar surface area (TPSA) is 26.3 Å². The molecule has 55 heavy (non-hydrogen) atoms. The third-order valence-electron chi connectivity index (χ3n) is 11.3. The lowest BCUT2D eigenvalue weighted by Gasteiger charge is -2.18. The molecule has 0 atom stereocenters. The highest BCUT2D eigenvalue weighted by Crippen LogP contribution is 2.48. The summed E-state index contributed by atoms with van der Waals surface area (Å²) in [4.78, 5) is 0. The van der Waals surface area contributed by atoms with Crippen LogP contribution in [0.5, 0.6) is 0 Å². The van der Waals surface area contributed by atoms with Crippen LogP contribution in [0, 0.1) is 0 Å². The molecule has 256 valence electrons. The average Bonchev–Trinajstić information content (AvgIpc) is 3.94. The van der Waals surface area contributed by atoms with Gasteiger partial charge < -0.3 is 8.83 Å². The fraction of sp³-hybridized carbons (Fsp3) is 0. The van der Waals surface area contributed by atoms with Crippen molar-refractivity contribution in [1.82, 2.24) is 0 Å². The minimum absolute atomic E-state index is 0.814. The molecule has 0 saturated carbocycles. The Morgan fingerprint density at radius 3 is 1.55 bits per heavy atom. The Bertz CT molecular complexity index is 3420. The van der Waals surface area contributed by atoms with Gasteiger partial charge in [-0.15, -0.1) is 11.3 Å². The molecule has 9 aromatic carbocycles. The van der Waals surface area contributed by atoms with Crippen LogP contribution in [-0.4, -0.2) is 0 Å². The first-order valence-corrected chi connectivity index (χ1v) is 19.5. The molecule has 12 aromatic rings. The summed E-state index contributed by atoms with van der Waals surface area (Å²) in [5, 5.41) is 10.6. The molecule has 0 fully saturated rings. The molecule has 12 rings (SSSR count). The minimum atomic E-state index is 0.814. The number of hydrogen-bond donors (Lipinski definition) is 0. The molecule has 0 aliphatic heterocycles. The van der Waals surface area contributed by atoms with E-state index in [2.05, 4.69) is 176 Å². The summed E-state index contributed by atoms with van der Waals surface area (Å²) >= 11 is 1.86. The van der Waals surface area contributed by atoms with Crippen molar-refractivity contribution in [3.05, 3.63) is 182 Å². The van der Waals surface area contributed by atoms with Gasteiger partial charge in [0.25, 0.3) is 0 Å². The van der Waals surface area contributed by atoms with Crippen LogP contribution in [0.25, 0.3) is 119 Å². The van der Waals surface area contributed by atoms with Crippen molar-refractivity contribution in [2.75, 3.05) is 0 Å². The van der Waals surface area contributed by atoms with E-state index in [4.69, 9.17) is 8.83 Å². The maximum Gasteiger partial charge on any atom is 0.147 e. The van der Waals surface area contributed by atoms with Gasteiger partial charge in [-0.1, -0.05) is 140 Å². The van der Waals surface area contributed by atoms with Gasteiger partial charge >= 0.3 is 0 Å². The van der Waals surface area contributed by atoms with E-state index in [1.165, 1.54) is 58.4 Å². The third-order valence-corrected chi connectivity index (χ3v) is 12.4. The second kappa shape index (κ2) is 11.8. The van der Waals surface area contributed by atoms with Crippen molar-refractivity contribution < 1.29 is 8.83 Å². The predicted octanol–water partition coefficient (Wildman–Crippen LogP) is 15.7. The molecule has 0 radical (unpaired) electrons. The van der Waals surface area contributed by atoms with Gasteiger partial charge in [0, 0.05) is 42.1 Å². The first kappa shape index (κ1) is 30.5. The first-order chi connectivity index (χ1) is 27.3. The van der Waals surface area contributed by atoms with E-state index < -0.39 is 0 Å². The van der Waals surface area contributed by atoms with Crippen LogP contribution in [0.3, 0.4) is 0 Å².